The molecule has 1 aromatic carbocycles. The predicted octanol–water partition coefficient (Wildman–Crippen LogP) is 3.80. The summed E-state index contributed by atoms with van der Waals surface area (Å²) >= 11 is 2.94. The van der Waals surface area contributed by atoms with Crippen molar-refractivity contribution in [3.8, 4) is 23.6 Å². The maximum absolute atomic E-state index is 12.1. The van der Waals surface area contributed by atoms with Gasteiger partial charge in [0.05, 0.1) is 4.47 Å². The molecule has 5 nitrogen and oxygen atoms in total. The Balaban J connectivity index is 2.18. The Labute approximate surface area is 125 Å². The van der Waals surface area contributed by atoms with E-state index < -0.39 is 12.1 Å². The van der Waals surface area contributed by atoms with E-state index in [1.165, 1.54) is 24.4 Å². The van der Waals surface area contributed by atoms with Gasteiger partial charge >= 0.3 is 12.4 Å². The van der Waals surface area contributed by atoms with Gasteiger partial charge in [-0.3, -0.25) is 0 Å². The molecule has 0 radical (unpaired) electrons. The Morgan fingerprint density at radius 1 is 1.24 bits per heavy atom. The number of nitrogens with zero attached hydrogens (tertiary/aromatic N) is 3. The molecule has 0 atom stereocenters. The van der Waals surface area contributed by atoms with Crippen LogP contribution >= 0.6 is 15.9 Å². The Kier molecular flexibility index (Phi) is 4.28. The lowest BCUT2D eigenvalue weighted by atomic mass is 10.3. The number of aromatic nitrogens is 2. The lowest BCUT2D eigenvalue weighted by molar-refractivity contribution is -0.274. The molecule has 1 aromatic heterocycles. The zero-order valence-electron chi connectivity index (χ0n) is 10.1. The van der Waals surface area contributed by atoms with Crippen LogP contribution in [0.4, 0.5) is 13.2 Å². The van der Waals surface area contributed by atoms with Crippen molar-refractivity contribution in [2.75, 3.05) is 0 Å². The van der Waals surface area contributed by atoms with Gasteiger partial charge in [0.15, 0.2) is 0 Å². The minimum absolute atomic E-state index is 0.0498. The van der Waals surface area contributed by atoms with E-state index >= 15 is 0 Å². The average Bonchev–Trinajstić information content (AvgIpc) is 2.41. The second kappa shape index (κ2) is 5.97. The maximum atomic E-state index is 12.1. The van der Waals surface area contributed by atoms with Gasteiger partial charge in [-0.15, -0.1) is 13.2 Å². The highest BCUT2D eigenvalue weighted by atomic mass is 79.9. The number of hydrogen-bond donors (Lipinski definition) is 0. The van der Waals surface area contributed by atoms with Gasteiger partial charge in [-0.25, -0.2) is 4.98 Å². The van der Waals surface area contributed by atoms with E-state index in [1.807, 2.05) is 6.07 Å². The van der Waals surface area contributed by atoms with E-state index in [2.05, 4.69) is 30.6 Å². The van der Waals surface area contributed by atoms with Crippen LogP contribution in [0.25, 0.3) is 0 Å². The van der Waals surface area contributed by atoms with Gasteiger partial charge in [0.2, 0.25) is 0 Å². The van der Waals surface area contributed by atoms with Crippen LogP contribution in [0.1, 0.15) is 5.69 Å². The van der Waals surface area contributed by atoms with Gasteiger partial charge in [0, 0.05) is 6.20 Å². The molecular formula is C12H5BrF3N3O2. The van der Waals surface area contributed by atoms with Crippen molar-refractivity contribution in [3.63, 3.8) is 0 Å². The average molecular weight is 360 g/mol. The molecule has 1 heterocycles. The third-order valence-electron chi connectivity index (χ3n) is 2.09. The highest BCUT2D eigenvalue weighted by Gasteiger charge is 2.32. The predicted molar refractivity (Wildman–Crippen MR) is 67.6 cm³/mol. The van der Waals surface area contributed by atoms with Gasteiger partial charge < -0.3 is 9.47 Å². The summed E-state index contributed by atoms with van der Waals surface area (Å²) in [4.78, 5) is 7.56. The van der Waals surface area contributed by atoms with Crippen molar-refractivity contribution >= 4 is 15.9 Å². The van der Waals surface area contributed by atoms with Crippen LogP contribution in [0.2, 0.25) is 0 Å². The molecule has 0 saturated carbocycles. The standard InChI is InChI=1S/C12H5BrF3N3O2/c13-9-5-8(1-2-10(9)21-12(14,15)16)20-11-18-4-3-7(6-17)19-11/h1-5H. The number of ether oxygens (including phenoxy) is 2. The second-order valence-electron chi connectivity index (χ2n) is 3.58. The maximum Gasteiger partial charge on any atom is 0.573 e. The number of nitriles is 1. The van der Waals surface area contributed by atoms with Crippen LogP contribution in [-0.2, 0) is 0 Å². The van der Waals surface area contributed by atoms with Crippen LogP contribution in [-0.4, -0.2) is 16.3 Å². The third-order valence-corrected chi connectivity index (χ3v) is 2.71. The molecule has 0 aliphatic rings. The van der Waals surface area contributed by atoms with Crippen molar-refractivity contribution in [1.82, 2.24) is 9.97 Å². The van der Waals surface area contributed by atoms with E-state index in [9.17, 15) is 13.2 Å². The number of rotatable bonds is 3. The van der Waals surface area contributed by atoms with Crippen molar-refractivity contribution in [2.45, 2.75) is 6.36 Å². The highest BCUT2D eigenvalue weighted by Crippen LogP contribution is 2.34. The molecular weight excluding hydrogens is 355 g/mol. The van der Waals surface area contributed by atoms with Crippen LogP contribution in [0.3, 0.4) is 0 Å². The molecule has 2 rings (SSSR count). The first kappa shape index (κ1) is 15.1. The Hall–Kier alpha value is -2.34. The molecule has 0 spiro atoms. The minimum atomic E-state index is -4.78. The number of halogens is 4. The van der Waals surface area contributed by atoms with Crippen LogP contribution in [0.5, 0.6) is 17.5 Å². The first-order valence-electron chi connectivity index (χ1n) is 5.34. The molecule has 21 heavy (non-hydrogen) atoms. The molecule has 0 saturated heterocycles. The summed E-state index contributed by atoms with van der Waals surface area (Å²) in [6.45, 7) is 0. The lowest BCUT2D eigenvalue weighted by Crippen LogP contribution is -2.17. The molecule has 0 fully saturated rings. The Morgan fingerprint density at radius 3 is 2.62 bits per heavy atom. The Bertz CT molecular complexity index is 701. The smallest absolute Gasteiger partial charge is 0.424 e. The fraction of sp³-hybridized carbons (Fsp3) is 0.0833. The molecule has 0 bridgehead atoms. The lowest BCUT2D eigenvalue weighted by Gasteiger charge is -2.11. The first-order valence-corrected chi connectivity index (χ1v) is 6.13. The quantitative estimate of drug-likeness (QED) is 0.833. The third kappa shape index (κ3) is 4.32. The summed E-state index contributed by atoms with van der Waals surface area (Å²) in [5, 5.41) is 8.69. The van der Waals surface area contributed by atoms with Gasteiger partial charge in [-0.05, 0) is 40.2 Å². The SMILES string of the molecule is N#Cc1ccnc(Oc2ccc(OC(F)(F)F)c(Br)c2)n1. The number of hydrogen-bond acceptors (Lipinski definition) is 5. The van der Waals surface area contributed by atoms with Crippen molar-refractivity contribution in [1.29, 1.82) is 5.26 Å². The molecule has 0 aliphatic heterocycles. The van der Waals surface area contributed by atoms with Crippen LogP contribution in [0.15, 0.2) is 34.9 Å². The van der Waals surface area contributed by atoms with Crippen molar-refractivity contribution in [2.24, 2.45) is 0 Å². The van der Waals surface area contributed by atoms with Gasteiger partial charge in [-0.1, -0.05) is 0 Å². The first-order chi connectivity index (χ1) is 9.87. The zero-order chi connectivity index (χ0) is 15.5. The second-order valence-corrected chi connectivity index (χ2v) is 4.43. The molecule has 2 aromatic rings. The fourth-order valence-corrected chi connectivity index (χ4v) is 1.75. The van der Waals surface area contributed by atoms with E-state index in [1.54, 1.807) is 0 Å². The van der Waals surface area contributed by atoms with Crippen molar-refractivity contribution in [3.05, 3.63) is 40.6 Å². The summed E-state index contributed by atoms with van der Waals surface area (Å²) in [7, 11) is 0. The molecule has 0 amide bonds. The highest BCUT2D eigenvalue weighted by molar-refractivity contribution is 9.10. The fourth-order valence-electron chi connectivity index (χ4n) is 1.31. The van der Waals surface area contributed by atoms with E-state index in [-0.39, 0.29) is 21.9 Å². The van der Waals surface area contributed by atoms with Gasteiger partial charge in [0.1, 0.15) is 23.3 Å². The largest absolute Gasteiger partial charge is 0.573 e. The Morgan fingerprint density at radius 2 is 2.00 bits per heavy atom. The molecule has 108 valence electrons. The monoisotopic (exact) mass is 359 g/mol. The van der Waals surface area contributed by atoms with Crippen LogP contribution in [0, 0.1) is 11.3 Å². The summed E-state index contributed by atoms with van der Waals surface area (Å²) in [5.74, 6) is -0.215. The summed E-state index contributed by atoms with van der Waals surface area (Å²) in [6, 6.07) is 6.72. The molecule has 0 N–H and O–H groups in total. The van der Waals surface area contributed by atoms with Crippen molar-refractivity contribution < 1.29 is 22.6 Å². The molecule has 0 aliphatic carbocycles. The van der Waals surface area contributed by atoms with E-state index in [0.29, 0.717) is 0 Å². The number of alkyl halides is 3. The van der Waals surface area contributed by atoms with E-state index in [0.717, 1.165) is 6.07 Å². The van der Waals surface area contributed by atoms with Gasteiger partial charge in [0.25, 0.3) is 0 Å². The normalized spacial score (nSPS) is 10.8. The van der Waals surface area contributed by atoms with E-state index in [4.69, 9.17) is 10.00 Å². The topological polar surface area (TPSA) is 68.0 Å². The molecule has 0 unspecified atom stereocenters. The van der Waals surface area contributed by atoms with Crippen LogP contribution < -0.4 is 9.47 Å². The number of benzene rings is 1. The summed E-state index contributed by atoms with van der Waals surface area (Å²) in [6.07, 6.45) is -3.45. The summed E-state index contributed by atoms with van der Waals surface area (Å²) in [5.41, 5.74) is 0.107. The molecule has 9 heteroatoms. The minimum Gasteiger partial charge on any atom is -0.424 e. The van der Waals surface area contributed by atoms with Gasteiger partial charge in [-0.2, -0.15) is 10.2 Å². The zero-order valence-corrected chi connectivity index (χ0v) is 11.6. The summed E-state index contributed by atoms with van der Waals surface area (Å²) < 4.78 is 45.5.